The van der Waals surface area contributed by atoms with Gasteiger partial charge in [0.2, 0.25) is 0 Å². The molecular formula is C30H26IrNO3-. The number of benzene rings is 3. The zero-order valence-electron chi connectivity index (χ0n) is 20.3. The molecular weight excluding hydrogens is 615 g/mol. The van der Waals surface area contributed by atoms with E-state index in [0.29, 0.717) is 0 Å². The fraction of sp³-hybridized carbons (Fsp3) is 0.200. The Balaban J connectivity index is 0.000000320. The molecule has 0 amide bonds. The fourth-order valence-electron chi connectivity index (χ4n) is 5.11. The second-order valence-electron chi connectivity index (χ2n) is 9.42. The molecule has 5 heteroatoms. The molecule has 4 nitrogen and oxygen atoms in total. The molecule has 5 aromatic rings. The smallest absolute Gasteiger partial charge is 0.155 e. The van der Waals surface area contributed by atoms with Crippen molar-refractivity contribution in [2.24, 2.45) is 0 Å². The molecule has 35 heavy (non-hydrogen) atoms. The van der Waals surface area contributed by atoms with Crippen molar-refractivity contribution < 1.29 is 34.4 Å². The summed E-state index contributed by atoms with van der Waals surface area (Å²) in [7, 11) is 0. The number of nitrogens with zero attached hydrogens (tertiary/aromatic N) is 1. The van der Waals surface area contributed by atoms with E-state index in [2.05, 4.69) is 63.2 Å². The Bertz CT molecular complexity index is 1640. The first kappa shape index (κ1) is 24.8. The maximum absolute atomic E-state index is 10.0. The molecule has 1 aliphatic carbocycles. The number of fused-ring (bicyclic) bond motifs is 4. The quantitative estimate of drug-likeness (QED) is 0.117. The monoisotopic (exact) mass is 641 g/mol. The Morgan fingerprint density at radius 2 is 1.83 bits per heavy atom. The van der Waals surface area contributed by atoms with Crippen molar-refractivity contribution in [1.82, 2.24) is 4.98 Å². The SMILES string of the molecule is CC(=O)/C=C(/C)O.Cc1ccc2c3c1oc1cc[c-]c(c13)-c1ncc3ccccc3c1C2(C)C.[Ir]. The van der Waals surface area contributed by atoms with Crippen LogP contribution in [0.3, 0.4) is 0 Å². The molecule has 3 aromatic carbocycles. The number of pyridine rings is 1. The molecule has 1 aliphatic rings. The van der Waals surface area contributed by atoms with Gasteiger partial charge in [-0.25, -0.2) is 0 Å². The summed E-state index contributed by atoms with van der Waals surface area (Å²) in [6, 6.07) is 20.4. The topological polar surface area (TPSA) is 63.3 Å². The molecule has 0 atom stereocenters. The molecule has 0 spiro atoms. The van der Waals surface area contributed by atoms with Crippen LogP contribution in [0.15, 0.2) is 71.0 Å². The summed E-state index contributed by atoms with van der Waals surface area (Å²) < 4.78 is 6.29. The Kier molecular flexibility index (Phi) is 6.44. The second kappa shape index (κ2) is 9.07. The van der Waals surface area contributed by atoms with Gasteiger partial charge in [0.1, 0.15) is 5.58 Å². The number of aliphatic hydroxyl groups excluding tert-OH is 1. The van der Waals surface area contributed by atoms with E-state index in [9.17, 15) is 4.79 Å². The minimum atomic E-state index is -0.210. The van der Waals surface area contributed by atoms with Crippen LogP contribution in [0.4, 0.5) is 0 Å². The number of carbonyl (C=O) groups excluding carboxylic acids is 1. The van der Waals surface area contributed by atoms with Crippen LogP contribution in [0.1, 0.15) is 44.4 Å². The standard InChI is InChI=1S/C25H18NO.C5H8O2.Ir/c1-14-11-12-18-21-20-17(9-6-10-19(20)27-24(14)21)23-22(25(18,2)3)16-8-5-4-7-15(16)13-26-23;1-4(6)3-5(2)7;/h4-8,10-13H,1-3H3;3,6H,1-2H3;/q-1;;/b;4-3-;. The molecule has 179 valence electrons. The molecule has 0 fully saturated rings. The number of rotatable bonds is 1. The van der Waals surface area contributed by atoms with Crippen molar-refractivity contribution in [3.8, 4) is 11.3 Å². The maximum atomic E-state index is 10.0. The minimum absolute atomic E-state index is 0. The first-order valence-electron chi connectivity index (χ1n) is 11.3. The van der Waals surface area contributed by atoms with Crippen molar-refractivity contribution in [2.45, 2.75) is 40.0 Å². The number of hydrogen-bond donors (Lipinski definition) is 1. The zero-order chi connectivity index (χ0) is 24.2. The Labute approximate surface area is 218 Å². The molecule has 1 radical (unpaired) electrons. The molecule has 2 heterocycles. The van der Waals surface area contributed by atoms with Crippen LogP contribution in [0, 0.1) is 13.0 Å². The van der Waals surface area contributed by atoms with E-state index in [4.69, 9.17) is 14.5 Å². The van der Waals surface area contributed by atoms with E-state index in [1.165, 1.54) is 47.2 Å². The molecule has 0 aliphatic heterocycles. The summed E-state index contributed by atoms with van der Waals surface area (Å²) in [5.74, 6) is -0.0625. The van der Waals surface area contributed by atoms with Gasteiger partial charge in [-0.05, 0) is 59.3 Å². The molecule has 0 unspecified atom stereocenters. The van der Waals surface area contributed by atoms with Gasteiger partial charge < -0.3 is 14.5 Å². The fourth-order valence-corrected chi connectivity index (χ4v) is 5.11. The van der Waals surface area contributed by atoms with Crippen molar-refractivity contribution in [1.29, 1.82) is 0 Å². The van der Waals surface area contributed by atoms with Gasteiger partial charge in [0.15, 0.2) is 5.78 Å². The number of ketones is 1. The predicted octanol–water partition coefficient (Wildman–Crippen LogP) is 7.58. The number of aromatic nitrogens is 1. The summed E-state index contributed by atoms with van der Waals surface area (Å²) in [5, 5.41) is 13.1. The van der Waals surface area contributed by atoms with Gasteiger partial charge in [0, 0.05) is 37.8 Å². The second-order valence-corrected chi connectivity index (χ2v) is 9.42. The van der Waals surface area contributed by atoms with Gasteiger partial charge in [-0.2, -0.15) is 0 Å². The van der Waals surface area contributed by atoms with Crippen molar-refractivity contribution in [2.75, 3.05) is 0 Å². The van der Waals surface area contributed by atoms with E-state index >= 15 is 0 Å². The average Bonchev–Trinajstić information content (AvgIpc) is 3.15. The van der Waals surface area contributed by atoms with Gasteiger partial charge in [-0.3, -0.25) is 4.79 Å². The molecule has 0 saturated heterocycles. The van der Waals surface area contributed by atoms with Gasteiger partial charge in [-0.15, -0.1) is 17.7 Å². The van der Waals surface area contributed by atoms with Crippen LogP contribution in [0.25, 0.3) is 44.0 Å². The third-order valence-corrected chi connectivity index (χ3v) is 6.52. The van der Waals surface area contributed by atoms with Crippen molar-refractivity contribution in [3.63, 3.8) is 0 Å². The predicted molar refractivity (Wildman–Crippen MR) is 137 cm³/mol. The summed E-state index contributed by atoms with van der Waals surface area (Å²) in [6.45, 7) is 9.56. The largest absolute Gasteiger partial charge is 0.512 e. The normalized spacial score (nSPS) is 13.7. The third-order valence-electron chi connectivity index (χ3n) is 6.52. The van der Waals surface area contributed by atoms with Gasteiger partial charge >= 0.3 is 0 Å². The number of aliphatic hydroxyl groups is 1. The van der Waals surface area contributed by atoms with Crippen molar-refractivity contribution >= 4 is 38.5 Å². The third kappa shape index (κ3) is 3.99. The zero-order valence-corrected chi connectivity index (χ0v) is 22.7. The molecule has 0 bridgehead atoms. The summed E-state index contributed by atoms with van der Waals surface area (Å²) in [4.78, 5) is 14.9. The van der Waals surface area contributed by atoms with E-state index in [0.717, 1.165) is 33.4 Å². The van der Waals surface area contributed by atoms with E-state index in [-0.39, 0.29) is 37.1 Å². The maximum Gasteiger partial charge on any atom is 0.155 e. The molecule has 2 aromatic heterocycles. The van der Waals surface area contributed by atoms with Gasteiger partial charge in [-0.1, -0.05) is 61.7 Å². The Morgan fingerprint density at radius 3 is 2.51 bits per heavy atom. The first-order chi connectivity index (χ1) is 16.2. The molecule has 0 saturated carbocycles. The van der Waals surface area contributed by atoms with Gasteiger partial charge in [0.05, 0.1) is 11.3 Å². The van der Waals surface area contributed by atoms with Crippen LogP contribution < -0.4 is 0 Å². The number of hydrogen-bond acceptors (Lipinski definition) is 4. The number of allylic oxidation sites excluding steroid dienone is 2. The van der Waals surface area contributed by atoms with Crippen molar-refractivity contribution in [3.05, 3.63) is 89.3 Å². The van der Waals surface area contributed by atoms with Crippen LogP contribution in [-0.4, -0.2) is 15.9 Å². The number of aryl methyl sites for hydroxylation is 1. The Hall–Kier alpha value is -3.27. The van der Waals surface area contributed by atoms with Crippen LogP contribution >= 0.6 is 0 Å². The van der Waals surface area contributed by atoms with Crippen LogP contribution in [-0.2, 0) is 30.3 Å². The Morgan fingerprint density at radius 1 is 1.09 bits per heavy atom. The number of furan rings is 1. The van der Waals surface area contributed by atoms with Gasteiger partial charge in [0.25, 0.3) is 0 Å². The summed E-state index contributed by atoms with van der Waals surface area (Å²) >= 11 is 0. The van der Waals surface area contributed by atoms with E-state index in [1.807, 2.05) is 18.3 Å². The molecule has 6 rings (SSSR count). The average molecular weight is 641 g/mol. The summed E-state index contributed by atoms with van der Waals surface area (Å²) in [6.07, 6.45) is 3.15. The van der Waals surface area contributed by atoms with Crippen LogP contribution in [0.5, 0.6) is 0 Å². The molecule has 1 N–H and O–H groups in total. The summed E-state index contributed by atoms with van der Waals surface area (Å²) in [5.41, 5.74) is 7.46. The minimum Gasteiger partial charge on any atom is -0.512 e. The van der Waals surface area contributed by atoms with E-state index < -0.39 is 0 Å². The van der Waals surface area contributed by atoms with Crippen LogP contribution in [0.2, 0.25) is 0 Å². The first-order valence-corrected chi connectivity index (χ1v) is 11.3. The number of carbonyl (C=O) groups is 1. The van der Waals surface area contributed by atoms with E-state index in [1.54, 1.807) is 0 Å².